The first-order chi connectivity index (χ1) is 15.8. The van der Waals surface area contributed by atoms with Crippen LogP contribution >= 0.6 is 0 Å². The predicted octanol–water partition coefficient (Wildman–Crippen LogP) is 5.53. The summed E-state index contributed by atoms with van der Waals surface area (Å²) in [5.74, 6) is 0.376. The number of benzene rings is 2. The zero-order valence-electron chi connectivity index (χ0n) is 19.5. The van der Waals surface area contributed by atoms with E-state index in [2.05, 4.69) is 17.0 Å². The molecular formula is C25H31F2N3O3. The number of amides is 1. The van der Waals surface area contributed by atoms with Crippen LogP contribution in [0.4, 0.5) is 14.5 Å². The third kappa shape index (κ3) is 6.43. The molecule has 2 aromatic rings. The number of alkyl halides is 2. The van der Waals surface area contributed by atoms with E-state index in [1.165, 1.54) is 7.11 Å². The van der Waals surface area contributed by atoms with Crippen LogP contribution in [-0.4, -0.2) is 36.9 Å². The van der Waals surface area contributed by atoms with Crippen LogP contribution in [0.3, 0.4) is 0 Å². The van der Waals surface area contributed by atoms with Crippen LogP contribution in [0.15, 0.2) is 47.6 Å². The maximum absolute atomic E-state index is 12.9. The van der Waals surface area contributed by atoms with Crippen molar-refractivity contribution in [2.24, 2.45) is 16.9 Å². The number of methoxy groups -OCH3 is 1. The van der Waals surface area contributed by atoms with Crippen molar-refractivity contribution in [2.45, 2.75) is 46.8 Å². The first kappa shape index (κ1) is 24.5. The second kappa shape index (κ2) is 11.1. The molecule has 8 heteroatoms. The Bertz CT molecular complexity index is 977. The first-order valence-corrected chi connectivity index (χ1v) is 11.2. The maximum atomic E-state index is 12.9. The Balaban J connectivity index is 1.79. The van der Waals surface area contributed by atoms with E-state index in [0.29, 0.717) is 6.54 Å². The van der Waals surface area contributed by atoms with Gasteiger partial charge in [-0.1, -0.05) is 32.9 Å². The highest BCUT2D eigenvalue weighted by molar-refractivity contribution is 6.03. The van der Waals surface area contributed by atoms with Crippen molar-refractivity contribution < 1.29 is 23.0 Å². The minimum Gasteiger partial charge on any atom is -0.493 e. The molecule has 1 amide bonds. The third-order valence-electron chi connectivity index (χ3n) is 5.65. The molecule has 1 unspecified atom stereocenters. The molecule has 0 radical (unpaired) electrons. The lowest BCUT2D eigenvalue weighted by molar-refractivity contribution is -0.118. The normalized spacial score (nSPS) is 16.1. The van der Waals surface area contributed by atoms with Crippen molar-refractivity contribution >= 4 is 17.3 Å². The van der Waals surface area contributed by atoms with Gasteiger partial charge in [0.05, 0.1) is 19.4 Å². The molecule has 33 heavy (non-hydrogen) atoms. The monoisotopic (exact) mass is 459 g/mol. The molecule has 178 valence electrons. The number of hydrazone groups is 1. The number of hydrogen-bond acceptors (Lipinski definition) is 5. The lowest BCUT2D eigenvalue weighted by Gasteiger charge is -2.31. The Hall–Kier alpha value is -3.16. The van der Waals surface area contributed by atoms with Crippen molar-refractivity contribution in [1.29, 1.82) is 0 Å². The average molecular weight is 460 g/mol. The SMILES string of the molecule is CCC1CCN(Cc2ccc(NC(=O)C(C)C)cc2)N=C1c1ccc(OC)c(OC(F)F)c1. The van der Waals surface area contributed by atoms with Crippen LogP contribution in [0.1, 0.15) is 44.7 Å². The summed E-state index contributed by atoms with van der Waals surface area (Å²) in [6.45, 7) is 4.27. The van der Waals surface area contributed by atoms with Gasteiger partial charge >= 0.3 is 6.61 Å². The van der Waals surface area contributed by atoms with E-state index < -0.39 is 6.61 Å². The molecule has 1 N–H and O–H groups in total. The van der Waals surface area contributed by atoms with E-state index in [9.17, 15) is 13.6 Å². The van der Waals surface area contributed by atoms with E-state index in [0.717, 1.165) is 41.9 Å². The molecule has 0 saturated carbocycles. The van der Waals surface area contributed by atoms with E-state index in [1.807, 2.05) is 49.2 Å². The molecule has 0 aromatic heterocycles. The van der Waals surface area contributed by atoms with Gasteiger partial charge in [-0.15, -0.1) is 0 Å². The summed E-state index contributed by atoms with van der Waals surface area (Å²) in [6, 6.07) is 12.7. The number of ether oxygens (including phenoxy) is 2. The zero-order chi connectivity index (χ0) is 24.0. The Morgan fingerprint density at radius 2 is 1.91 bits per heavy atom. The molecular weight excluding hydrogens is 428 g/mol. The fourth-order valence-corrected chi connectivity index (χ4v) is 3.75. The summed E-state index contributed by atoms with van der Waals surface area (Å²) in [5, 5.41) is 9.74. The molecule has 0 fully saturated rings. The summed E-state index contributed by atoms with van der Waals surface area (Å²) >= 11 is 0. The van der Waals surface area contributed by atoms with Crippen molar-refractivity contribution in [2.75, 3.05) is 19.0 Å². The molecule has 6 nitrogen and oxygen atoms in total. The Kier molecular flexibility index (Phi) is 8.25. The number of anilines is 1. The van der Waals surface area contributed by atoms with Crippen LogP contribution < -0.4 is 14.8 Å². The van der Waals surface area contributed by atoms with Gasteiger partial charge in [0.2, 0.25) is 5.91 Å². The number of nitrogens with zero attached hydrogens (tertiary/aromatic N) is 2. The molecule has 1 aliphatic heterocycles. The van der Waals surface area contributed by atoms with Gasteiger partial charge in [-0.3, -0.25) is 9.80 Å². The van der Waals surface area contributed by atoms with Crippen molar-refractivity contribution in [3.8, 4) is 11.5 Å². The summed E-state index contributed by atoms with van der Waals surface area (Å²) in [5.41, 5.74) is 3.42. The zero-order valence-corrected chi connectivity index (χ0v) is 19.5. The minimum absolute atomic E-state index is 0.00119. The Labute approximate surface area is 193 Å². The lowest BCUT2D eigenvalue weighted by atomic mass is 9.90. The summed E-state index contributed by atoms with van der Waals surface area (Å²) < 4.78 is 35.5. The topological polar surface area (TPSA) is 63.2 Å². The number of halogens is 2. The number of carbonyl (C=O) groups is 1. The number of carbonyl (C=O) groups excluding carboxylic acids is 1. The van der Waals surface area contributed by atoms with Gasteiger partial charge in [-0.05, 0) is 48.7 Å². The van der Waals surface area contributed by atoms with Gasteiger partial charge in [-0.25, -0.2) is 0 Å². The standard InChI is InChI=1S/C25H31F2N3O3/c1-5-18-12-13-30(15-17-6-9-20(10-7-17)28-24(31)16(2)3)29-23(18)19-8-11-21(32-4)22(14-19)33-25(26)27/h6-11,14,16,18,25H,5,12-13,15H2,1-4H3,(H,28,31). The summed E-state index contributed by atoms with van der Waals surface area (Å²) in [7, 11) is 1.42. The largest absolute Gasteiger partial charge is 0.493 e. The van der Waals surface area contributed by atoms with Crippen LogP contribution in [0, 0.1) is 11.8 Å². The van der Waals surface area contributed by atoms with Gasteiger partial charge < -0.3 is 14.8 Å². The van der Waals surface area contributed by atoms with Gasteiger partial charge in [0.25, 0.3) is 0 Å². The molecule has 0 spiro atoms. The second-order valence-corrected chi connectivity index (χ2v) is 8.35. The third-order valence-corrected chi connectivity index (χ3v) is 5.65. The number of nitrogens with one attached hydrogen (secondary N) is 1. The highest BCUT2D eigenvalue weighted by Gasteiger charge is 2.25. The van der Waals surface area contributed by atoms with Gasteiger partial charge in [0, 0.05) is 29.6 Å². The number of rotatable bonds is 9. The molecule has 0 aliphatic carbocycles. The molecule has 1 heterocycles. The Morgan fingerprint density at radius 3 is 2.52 bits per heavy atom. The maximum Gasteiger partial charge on any atom is 0.387 e. The van der Waals surface area contributed by atoms with Crippen molar-refractivity contribution in [3.63, 3.8) is 0 Å². The molecule has 2 aromatic carbocycles. The van der Waals surface area contributed by atoms with E-state index >= 15 is 0 Å². The number of hydrogen-bond donors (Lipinski definition) is 1. The predicted molar refractivity (Wildman–Crippen MR) is 125 cm³/mol. The van der Waals surface area contributed by atoms with Crippen LogP contribution in [0.25, 0.3) is 0 Å². The van der Waals surface area contributed by atoms with E-state index in [4.69, 9.17) is 9.84 Å². The summed E-state index contributed by atoms with van der Waals surface area (Å²) in [4.78, 5) is 11.9. The highest BCUT2D eigenvalue weighted by atomic mass is 19.3. The summed E-state index contributed by atoms with van der Waals surface area (Å²) in [6.07, 6.45) is 1.81. The molecule has 0 bridgehead atoms. The molecule has 3 rings (SSSR count). The van der Waals surface area contributed by atoms with Crippen LogP contribution in [0.2, 0.25) is 0 Å². The van der Waals surface area contributed by atoms with Crippen molar-refractivity contribution in [3.05, 3.63) is 53.6 Å². The van der Waals surface area contributed by atoms with E-state index in [-0.39, 0.29) is 29.2 Å². The first-order valence-electron chi connectivity index (χ1n) is 11.2. The van der Waals surface area contributed by atoms with Gasteiger partial charge in [0.15, 0.2) is 11.5 Å². The van der Waals surface area contributed by atoms with Crippen molar-refractivity contribution in [1.82, 2.24) is 5.01 Å². The molecule has 1 aliphatic rings. The molecule has 1 atom stereocenters. The van der Waals surface area contributed by atoms with Crippen LogP contribution in [0.5, 0.6) is 11.5 Å². The van der Waals surface area contributed by atoms with Crippen LogP contribution in [-0.2, 0) is 11.3 Å². The highest BCUT2D eigenvalue weighted by Crippen LogP contribution is 2.32. The average Bonchev–Trinajstić information content (AvgIpc) is 2.79. The lowest BCUT2D eigenvalue weighted by Crippen LogP contribution is -2.32. The smallest absolute Gasteiger partial charge is 0.387 e. The Morgan fingerprint density at radius 1 is 1.18 bits per heavy atom. The fraction of sp³-hybridized carbons (Fsp3) is 0.440. The second-order valence-electron chi connectivity index (χ2n) is 8.35. The fourth-order valence-electron chi connectivity index (χ4n) is 3.75. The quantitative estimate of drug-likeness (QED) is 0.536. The van der Waals surface area contributed by atoms with Gasteiger partial charge in [-0.2, -0.15) is 13.9 Å². The molecule has 0 saturated heterocycles. The van der Waals surface area contributed by atoms with E-state index in [1.54, 1.807) is 12.1 Å². The van der Waals surface area contributed by atoms with Gasteiger partial charge in [0.1, 0.15) is 0 Å². The minimum atomic E-state index is -2.94.